The van der Waals surface area contributed by atoms with Crippen LogP contribution in [0.4, 0.5) is 15.8 Å². The van der Waals surface area contributed by atoms with E-state index >= 15 is 0 Å². The predicted octanol–water partition coefficient (Wildman–Crippen LogP) is 7.10. The minimum absolute atomic E-state index is 0.531. The summed E-state index contributed by atoms with van der Waals surface area (Å²) < 4.78 is 13.7. The minimum Gasteiger partial charge on any atom is -0.372 e. The van der Waals surface area contributed by atoms with Gasteiger partial charge in [-0.1, -0.05) is 50.3 Å². The molecule has 0 amide bonds. The molecular weight excluding hydrogens is 417 g/mol. The van der Waals surface area contributed by atoms with Gasteiger partial charge in [0.2, 0.25) is 5.82 Å². The van der Waals surface area contributed by atoms with Crippen LogP contribution in [-0.2, 0) is 0 Å². The molecular formula is C27H28FN3O2. The van der Waals surface area contributed by atoms with Crippen molar-refractivity contribution in [1.29, 1.82) is 0 Å². The van der Waals surface area contributed by atoms with E-state index in [0.717, 1.165) is 49.2 Å². The Bertz CT molecular complexity index is 1120. The minimum atomic E-state index is -0.855. The van der Waals surface area contributed by atoms with E-state index in [0.29, 0.717) is 11.3 Å². The SMILES string of the molecule is CCCN(CCC)c1ccc(/C=C/c2ccc(/C=C/c3ccc([N+](=O)[O-])c(F)c3)nc2)cc1. The Kier molecular flexibility index (Phi) is 8.47. The molecule has 0 aliphatic rings. The first-order chi connectivity index (χ1) is 16.0. The lowest BCUT2D eigenvalue weighted by atomic mass is 10.1. The van der Waals surface area contributed by atoms with Crippen molar-refractivity contribution in [1.82, 2.24) is 4.98 Å². The molecule has 0 saturated heterocycles. The number of hydrogen-bond acceptors (Lipinski definition) is 4. The Balaban J connectivity index is 1.62. The molecule has 1 heterocycles. The number of hydrogen-bond donors (Lipinski definition) is 0. The highest BCUT2D eigenvalue weighted by molar-refractivity contribution is 5.72. The topological polar surface area (TPSA) is 59.3 Å². The van der Waals surface area contributed by atoms with Gasteiger partial charge in [-0.05, 0) is 65.9 Å². The Morgan fingerprint density at radius 3 is 2.06 bits per heavy atom. The van der Waals surface area contributed by atoms with E-state index < -0.39 is 16.4 Å². The summed E-state index contributed by atoms with van der Waals surface area (Å²) in [5.74, 6) is -0.855. The van der Waals surface area contributed by atoms with Crippen molar-refractivity contribution in [3.63, 3.8) is 0 Å². The van der Waals surface area contributed by atoms with Crippen molar-refractivity contribution in [3.8, 4) is 0 Å². The Morgan fingerprint density at radius 1 is 0.879 bits per heavy atom. The van der Waals surface area contributed by atoms with Crippen molar-refractivity contribution >= 4 is 35.7 Å². The van der Waals surface area contributed by atoms with Crippen LogP contribution in [0.15, 0.2) is 60.8 Å². The Morgan fingerprint density at radius 2 is 1.48 bits per heavy atom. The lowest BCUT2D eigenvalue weighted by Gasteiger charge is -2.23. The van der Waals surface area contributed by atoms with E-state index in [-0.39, 0.29) is 0 Å². The zero-order chi connectivity index (χ0) is 23.6. The van der Waals surface area contributed by atoms with Gasteiger partial charge in [0.15, 0.2) is 0 Å². The van der Waals surface area contributed by atoms with Gasteiger partial charge < -0.3 is 4.90 Å². The molecule has 2 aromatic carbocycles. The number of aromatic nitrogens is 1. The summed E-state index contributed by atoms with van der Waals surface area (Å²) in [7, 11) is 0. The van der Waals surface area contributed by atoms with E-state index in [1.807, 2.05) is 18.2 Å². The first-order valence-corrected chi connectivity index (χ1v) is 11.1. The van der Waals surface area contributed by atoms with Crippen LogP contribution < -0.4 is 4.90 Å². The Hall–Kier alpha value is -3.80. The molecule has 3 aromatic rings. The number of nitro groups is 1. The molecule has 0 bridgehead atoms. The Labute approximate surface area is 194 Å². The van der Waals surface area contributed by atoms with Gasteiger partial charge in [0, 0.05) is 31.0 Å². The van der Waals surface area contributed by atoms with Gasteiger partial charge in [-0.2, -0.15) is 4.39 Å². The standard InChI is InChI=1S/C27H28FN3O2/c1-3-17-30(18-4-2)25-14-9-21(10-15-25)5-6-23-8-13-24(29-20-23)12-7-22-11-16-27(31(32)33)26(28)19-22/h5-16,19-20H,3-4,17-18H2,1-2H3/b6-5+,12-7+. The fraction of sp³-hybridized carbons (Fsp3) is 0.222. The molecule has 0 aliphatic carbocycles. The van der Waals surface area contributed by atoms with Crippen LogP contribution in [0.2, 0.25) is 0 Å². The zero-order valence-corrected chi connectivity index (χ0v) is 18.9. The molecule has 3 rings (SSSR count). The highest BCUT2D eigenvalue weighted by Gasteiger charge is 2.12. The molecule has 0 aliphatic heterocycles. The molecule has 0 atom stereocenters. The van der Waals surface area contributed by atoms with E-state index in [1.165, 1.54) is 11.8 Å². The number of pyridine rings is 1. The maximum atomic E-state index is 13.7. The third-order valence-corrected chi connectivity index (χ3v) is 5.14. The summed E-state index contributed by atoms with van der Waals surface area (Å²) in [5.41, 5.74) is 4.05. The maximum Gasteiger partial charge on any atom is 0.304 e. The summed E-state index contributed by atoms with van der Waals surface area (Å²) in [6.45, 7) is 6.53. The monoisotopic (exact) mass is 445 g/mol. The van der Waals surface area contributed by atoms with Crippen LogP contribution in [0.1, 0.15) is 49.1 Å². The average Bonchev–Trinajstić information content (AvgIpc) is 2.82. The lowest BCUT2D eigenvalue weighted by molar-refractivity contribution is -0.387. The van der Waals surface area contributed by atoms with Gasteiger partial charge in [-0.15, -0.1) is 0 Å². The molecule has 170 valence electrons. The molecule has 0 spiro atoms. The van der Waals surface area contributed by atoms with Gasteiger partial charge in [-0.25, -0.2) is 0 Å². The van der Waals surface area contributed by atoms with Gasteiger partial charge >= 0.3 is 5.69 Å². The molecule has 1 aromatic heterocycles. The van der Waals surface area contributed by atoms with Crippen molar-refractivity contribution in [2.45, 2.75) is 26.7 Å². The second-order valence-corrected chi connectivity index (χ2v) is 7.73. The number of halogens is 1. The van der Waals surface area contributed by atoms with Crippen LogP contribution in [0.25, 0.3) is 24.3 Å². The molecule has 0 fully saturated rings. The fourth-order valence-electron chi connectivity index (χ4n) is 3.47. The average molecular weight is 446 g/mol. The van der Waals surface area contributed by atoms with E-state index in [4.69, 9.17) is 0 Å². The van der Waals surface area contributed by atoms with Gasteiger partial charge in [-0.3, -0.25) is 15.1 Å². The van der Waals surface area contributed by atoms with Crippen molar-refractivity contribution < 1.29 is 9.31 Å². The molecule has 33 heavy (non-hydrogen) atoms. The molecule has 5 nitrogen and oxygen atoms in total. The van der Waals surface area contributed by atoms with Crippen LogP contribution in [0.3, 0.4) is 0 Å². The quantitative estimate of drug-likeness (QED) is 0.247. The van der Waals surface area contributed by atoms with Crippen LogP contribution in [-0.4, -0.2) is 23.0 Å². The van der Waals surface area contributed by atoms with Gasteiger partial charge in [0.1, 0.15) is 0 Å². The first kappa shape index (κ1) is 23.9. The highest BCUT2D eigenvalue weighted by Crippen LogP contribution is 2.20. The van der Waals surface area contributed by atoms with Crippen LogP contribution in [0, 0.1) is 15.9 Å². The summed E-state index contributed by atoms with van der Waals surface area (Å²) in [6, 6.07) is 16.2. The second kappa shape index (κ2) is 11.7. The summed E-state index contributed by atoms with van der Waals surface area (Å²) in [6.07, 6.45) is 11.5. The normalized spacial score (nSPS) is 11.4. The number of nitrogens with zero attached hydrogens (tertiary/aromatic N) is 3. The number of nitro benzene ring substituents is 1. The summed E-state index contributed by atoms with van der Waals surface area (Å²) in [5, 5.41) is 10.7. The van der Waals surface area contributed by atoms with E-state index in [1.54, 1.807) is 18.3 Å². The van der Waals surface area contributed by atoms with Gasteiger partial charge in [0.25, 0.3) is 0 Å². The molecule has 0 N–H and O–H groups in total. The van der Waals surface area contributed by atoms with Crippen LogP contribution in [0.5, 0.6) is 0 Å². The van der Waals surface area contributed by atoms with Crippen molar-refractivity contribution in [2.75, 3.05) is 18.0 Å². The first-order valence-electron chi connectivity index (χ1n) is 11.1. The predicted molar refractivity (Wildman–Crippen MR) is 134 cm³/mol. The smallest absolute Gasteiger partial charge is 0.304 e. The number of anilines is 1. The third kappa shape index (κ3) is 6.84. The molecule has 0 saturated carbocycles. The van der Waals surface area contributed by atoms with E-state index in [2.05, 4.69) is 54.1 Å². The number of benzene rings is 2. The molecule has 0 radical (unpaired) electrons. The molecule has 0 unspecified atom stereocenters. The molecule has 6 heteroatoms. The lowest BCUT2D eigenvalue weighted by Crippen LogP contribution is -2.24. The van der Waals surface area contributed by atoms with Crippen molar-refractivity contribution in [3.05, 3.63) is 99.1 Å². The summed E-state index contributed by atoms with van der Waals surface area (Å²) in [4.78, 5) is 16.8. The van der Waals surface area contributed by atoms with E-state index in [9.17, 15) is 14.5 Å². The number of rotatable bonds is 10. The highest BCUT2D eigenvalue weighted by atomic mass is 19.1. The van der Waals surface area contributed by atoms with Crippen LogP contribution >= 0.6 is 0 Å². The fourth-order valence-corrected chi connectivity index (χ4v) is 3.47. The van der Waals surface area contributed by atoms with Gasteiger partial charge in [0.05, 0.1) is 10.6 Å². The maximum absolute atomic E-state index is 13.7. The van der Waals surface area contributed by atoms with Crippen molar-refractivity contribution in [2.24, 2.45) is 0 Å². The third-order valence-electron chi connectivity index (χ3n) is 5.14. The second-order valence-electron chi connectivity index (χ2n) is 7.73. The largest absolute Gasteiger partial charge is 0.372 e. The zero-order valence-electron chi connectivity index (χ0n) is 18.9. The summed E-state index contributed by atoms with van der Waals surface area (Å²) >= 11 is 0.